The smallest absolute Gasteiger partial charge is 0.143 e. The molecule has 0 radical (unpaired) electrons. The fourth-order valence-electron chi connectivity index (χ4n) is 9.30. The number of hydrogen-bond acceptors (Lipinski definition) is 5. The second-order valence-corrected chi connectivity index (χ2v) is 16.3. The Morgan fingerprint density at radius 3 is 2.03 bits per heavy atom. The summed E-state index contributed by atoms with van der Waals surface area (Å²) < 4.78 is 11.9. The van der Waals surface area contributed by atoms with Gasteiger partial charge in [-0.3, -0.25) is 4.90 Å². The molecule has 0 saturated heterocycles. The molecule has 1 N–H and O–H groups in total. The molecule has 0 fully saturated rings. The van der Waals surface area contributed by atoms with Crippen LogP contribution in [0.15, 0.2) is 191 Å². The van der Waals surface area contributed by atoms with Gasteiger partial charge in [-0.15, -0.1) is 11.3 Å². The van der Waals surface area contributed by atoms with Crippen molar-refractivity contribution in [2.45, 2.75) is 12.3 Å². The Balaban J connectivity index is 1.01. The highest BCUT2D eigenvalue weighted by Crippen LogP contribution is 2.46. The van der Waals surface area contributed by atoms with Gasteiger partial charge in [-0.05, 0) is 54.6 Å². The molecular formula is C52H36N4OS. The van der Waals surface area contributed by atoms with Crippen molar-refractivity contribution < 1.29 is 4.42 Å². The molecule has 0 saturated carbocycles. The SMILES string of the molecule is CN1C(c2ccccc2)N=C(c2ccccc2)NC1c1cccc2oc3c(-c4cccc5sc6cc(-n7c8ccccc8c8ccccc87)ccc6c45)cccc3c12. The topological polar surface area (TPSA) is 45.7 Å². The van der Waals surface area contributed by atoms with Crippen molar-refractivity contribution in [3.05, 3.63) is 199 Å². The number of thiophene rings is 1. The van der Waals surface area contributed by atoms with Crippen LogP contribution in [-0.4, -0.2) is 22.4 Å². The van der Waals surface area contributed by atoms with Gasteiger partial charge in [-0.25, -0.2) is 4.99 Å². The van der Waals surface area contributed by atoms with Gasteiger partial charge in [0.05, 0.1) is 11.0 Å². The van der Waals surface area contributed by atoms with E-state index in [2.05, 4.69) is 198 Å². The molecule has 8 aromatic carbocycles. The van der Waals surface area contributed by atoms with Crippen LogP contribution in [0.25, 0.3) is 80.7 Å². The summed E-state index contributed by atoms with van der Waals surface area (Å²) in [5, 5.41) is 11.1. The molecule has 3 aromatic heterocycles. The predicted octanol–water partition coefficient (Wildman–Crippen LogP) is 13.4. The zero-order valence-corrected chi connectivity index (χ0v) is 32.4. The van der Waals surface area contributed by atoms with E-state index in [1.165, 1.54) is 53.2 Å². The highest BCUT2D eigenvalue weighted by Gasteiger charge is 2.33. The fraction of sp³-hybridized carbons (Fsp3) is 0.0577. The van der Waals surface area contributed by atoms with Crippen LogP contribution in [0.4, 0.5) is 0 Å². The van der Waals surface area contributed by atoms with E-state index in [9.17, 15) is 0 Å². The Labute approximate surface area is 338 Å². The molecule has 11 aromatic rings. The van der Waals surface area contributed by atoms with Gasteiger partial charge < -0.3 is 14.3 Å². The Morgan fingerprint density at radius 2 is 1.24 bits per heavy atom. The standard InChI is InChI=1S/C52H36N4OS/c1-55-51(33-17-6-3-7-18-33)53-50(32-15-4-2-5-16-32)54-52(55)41-24-13-27-44-47(41)40-23-12-22-38(49(40)57-44)37-21-14-28-45-48(37)39-30-29-34(31-46(39)58-45)56-42-25-10-8-19-35(42)36-20-9-11-26-43(36)56/h2-31,51-52H,1H3,(H,53,54). The molecule has 6 heteroatoms. The first-order chi connectivity index (χ1) is 28.7. The Bertz CT molecular complexity index is 3360. The third-order valence-corrected chi connectivity index (χ3v) is 13.0. The van der Waals surface area contributed by atoms with Crippen LogP contribution in [0, 0.1) is 0 Å². The molecule has 5 nitrogen and oxygen atoms in total. The zero-order valence-electron chi connectivity index (χ0n) is 31.6. The quantitative estimate of drug-likeness (QED) is 0.190. The number of furan rings is 1. The first-order valence-electron chi connectivity index (χ1n) is 19.7. The van der Waals surface area contributed by atoms with Gasteiger partial charge in [0.1, 0.15) is 29.3 Å². The molecule has 4 heterocycles. The van der Waals surface area contributed by atoms with Crippen molar-refractivity contribution in [1.82, 2.24) is 14.8 Å². The van der Waals surface area contributed by atoms with E-state index in [1.807, 2.05) is 17.4 Å². The predicted molar refractivity (Wildman–Crippen MR) is 242 cm³/mol. The van der Waals surface area contributed by atoms with Gasteiger partial charge in [-0.2, -0.15) is 0 Å². The van der Waals surface area contributed by atoms with Crippen molar-refractivity contribution >= 4 is 81.1 Å². The number of fused-ring (bicyclic) bond motifs is 9. The van der Waals surface area contributed by atoms with Crippen molar-refractivity contribution in [3.8, 4) is 16.8 Å². The molecular weight excluding hydrogens is 729 g/mol. The third kappa shape index (κ3) is 5.02. The van der Waals surface area contributed by atoms with Crippen molar-refractivity contribution in [1.29, 1.82) is 0 Å². The highest BCUT2D eigenvalue weighted by molar-refractivity contribution is 7.26. The van der Waals surface area contributed by atoms with Crippen molar-refractivity contribution in [3.63, 3.8) is 0 Å². The fourth-order valence-corrected chi connectivity index (χ4v) is 10.5. The lowest BCUT2D eigenvalue weighted by molar-refractivity contribution is 0.153. The number of nitrogens with one attached hydrogen (secondary N) is 1. The summed E-state index contributed by atoms with van der Waals surface area (Å²) in [6, 6.07) is 65.1. The average molecular weight is 765 g/mol. The zero-order chi connectivity index (χ0) is 38.3. The number of benzene rings is 8. The summed E-state index contributed by atoms with van der Waals surface area (Å²) in [4.78, 5) is 7.59. The number of rotatable bonds is 5. The second-order valence-electron chi connectivity index (χ2n) is 15.2. The lowest BCUT2D eigenvalue weighted by atomic mass is 9.96. The maximum atomic E-state index is 6.94. The number of hydrogen-bond donors (Lipinski definition) is 1. The molecule has 0 aliphatic carbocycles. The molecule has 2 unspecified atom stereocenters. The molecule has 0 bridgehead atoms. The molecule has 0 amide bonds. The number of aliphatic imine (C=N–C) groups is 1. The lowest BCUT2D eigenvalue weighted by Crippen LogP contribution is -2.46. The van der Waals surface area contributed by atoms with E-state index < -0.39 is 0 Å². The monoisotopic (exact) mass is 764 g/mol. The molecule has 1 aliphatic heterocycles. The maximum absolute atomic E-state index is 6.94. The van der Waals surface area contributed by atoms with Crippen LogP contribution in [-0.2, 0) is 0 Å². The molecule has 1 aliphatic rings. The van der Waals surface area contributed by atoms with Crippen LogP contribution in [0.1, 0.15) is 29.0 Å². The van der Waals surface area contributed by atoms with Crippen LogP contribution < -0.4 is 5.32 Å². The van der Waals surface area contributed by atoms with Gasteiger partial charge in [0.2, 0.25) is 0 Å². The van der Waals surface area contributed by atoms with E-state index in [0.717, 1.165) is 50.0 Å². The first-order valence-corrected chi connectivity index (χ1v) is 20.6. The normalized spacial score (nSPS) is 16.2. The van der Waals surface area contributed by atoms with E-state index in [4.69, 9.17) is 9.41 Å². The van der Waals surface area contributed by atoms with E-state index in [1.54, 1.807) is 0 Å². The summed E-state index contributed by atoms with van der Waals surface area (Å²) in [7, 11) is 2.15. The number of nitrogens with zero attached hydrogens (tertiary/aromatic N) is 3. The summed E-state index contributed by atoms with van der Waals surface area (Å²) in [5.41, 5.74) is 11.0. The number of amidine groups is 1. The van der Waals surface area contributed by atoms with Crippen LogP contribution in [0.3, 0.4) is 0 Å². The van der Waals surface area contributed by atoms with E-state index in [0.29, 0.717) is 0 Å². The summed E-state index contributed by atoms with van der Waals surface area (Å²) in [6.45, 7) is 0. The second kappa shape index (κ2) is 13.0. The van der Waals surface area contributed by atoms with E-state index in [-0.39, 0.29) is 12.3 Å². The Kier molecular flexibility index (Phi) is 7.45. The minimum Gasteiger partial charge on any atom is -0.455 e. The van der Waals surface area contributed by atoms with Crippen LogP contribution in [0.2, 0.25) is 0 Å². The van der Waals surface area contributed by atoms with Gasteiger partial charge in [0.25, 0.3) is 0 Å². The molecule has 276 valence electrons. The maximum Gasteiger partial charge on any atom is 0.143 e. The van der Waals surface area contributed by atoms with Gasteiger partial charge in [0, 0.05) is 64.1 Å². The minimum atomic E-state index is -0.174. The third-order valence-electron chi connectivity index (χ3n) is 11.9. The van der Waals surface area contributed by atoms with E-state index >= 15 is 0 Å². The Hall–Kier alpha value is -6.99. The van der Waals surface area contributed by atoms with Gasteiger partial charge >= 0.3 is 0 Å². The largest absolute Gasteiger partial charge is 0.455 e. The average Bonchev–Trinajstić information content (AvgIpc) is 3.96. The van der Waals surface area contributed by atoms with Crippen LogP contribution in [0.5, 0.6) is 0 Å². The first kappa shape index (κ1) is 33.2. The van der Waals surface area contributed by atoms with Crippen LogP contribution >= 0.6 is 11.3 Å². The highest BCUT2D eigenvalue weighted by atomic mass is 32.1. The van der Waals surface area contributed by atoms with Crippen molar-refractivity contribution in [2.24, 2.45) is 4.99 Å². The molecule has 2 atom stereocenters. The van der Waals surface area contributed by atoms with Gasteiger partial charge in [-0.1, -0.05) is 146 Å². The number of aromatic nitrogens is 1. The molecule has 58 heavy (non-hydrogen) atoms. The summed E-state index contributed by atoms with van der Waals surface area (Å²) in [6.07, 6.45) is -0.342. The number of para-hydroxylation sites is 3. The summed E-state index contributed by atoms with van der Waals surface area (Å²) in [5.74, 6) is 0.875. The molecule has 12 rings (SSSR count). The van der Waals surface area contributed by atoms with Gasteiger partial charge in [0.15, 0.2) is 0 Å². The van der Waals surface area contributed by atoms with Crippen molar-refractivity contribution in [2.75, 3.05) is 7.05 Å². The molecule has 0 spiro atoms. The Morgan fingerprint density at radius 1 is 0.569 bits per heavy atom. The lowest BCUT2D eigenvalue weighted by Gasteiger charge is -2.39. The minimum absolute atomic E-state index is 0.168. The summed E-state index contributed by atoms with van der Waals surface area (Å²) >= 11 is 1.85.